The molecule has 1 saturated heterocycles. The summed E-state index contributed by atoms with van der Waals surface area (Å²) in [6.07, 6.45) is -0.276. The molecule has 1 aliphatic heterocycles. The fourth-order valence-corrected chi connectivity index (χ4v) is 2.76. The predicted molar refractivity (Wildman–Crippen MR) is 70.7 cm³/mol. The van der Waals surface area contributed by atoms with Gasteiger partial charge in [0.25, 0.3) is 0 Å². The SMILES string of the molecule is Cc1nnsc1CN1C(=O)OC[C@@H]1c1ccccc1. The molecule has 0 radical (unpaired) electrons. The highest BCUT2D eigenvalue weighted by molar-refractivity contribution is 7.05. The molecular formula is C13H13N3O2S. The number of ether oxygens (including phenoxy) is 1. The first kappa shape index (κ1) is 12.1. The van der Waals surface area contributed by atoms with E-state index in [1.807, 2.05) is 37.3 Å². The average Bonchev–Trinajstić information content (AvgIpc) is 2.99. The van der Waals surface area contributed by atoms with E-state index in [0.717, 1.165) is 16.1 Å². The van der Waals surface area contributed by atoms with Crippen LogP contribution in [0.15, 0.2) is 30.3 Å². The third-order valence-corrected chi connectivity index (χ3v) is 4.03. The zero-order chi connectivity index (χ0) is 13.2. The van der Waals surface area contributed by atoms with Crippen LogP contribution < -0.4 is 0 Å². The second-order valence-corrected chi connectivity index (χ2v) is 5.25. The maximum absolute atomic E-state index is 11.9. The quantitative estimate of drug-likeness (QED) is 0.863. The van der Waals surface area contributed by atoms with Gasteiger partial charge < -0.3 is 4.74 Å². The lowest BCUT2D eigenvalue weighted by molar-refractivity contribution is 0.156. The number of hydrogen-bond donors (Lipinski definition) is 0. The number of nitrogens with zero attached hydrogens (tertiary/aromatic N) is 3. The van der Waals surface area contributed by atoms with Crippen molar-refractivity contribution in [2.45, 2.75) is 19.5 Å². The Morgan fingerprint density at radius 1 is 1.42 bits per heavy atom. The van der Waals surface area contributed by atoms with Crippen molar-refractivity contribution in [1.82, 2.24) is 14.5 Å². The molecule has 1 amide bonds. The third-order valence-electron chi connectivity index (χ3n) is 3.22. The van der Waals surface area contributed by atoms with Gasteiger partial charge in [0.05, 0.1) is 23.2 Å². The predicted octanol–water partition coefficient (Wildman–Crippen LogP) is 2.54. The van der Waals surface area contributed by atoms with Crippen molar-refractivity contribution >= 4 is 17.6 Å². The Kier molecular flexibility index (Phi) is 3.16. The number of hydrogen-bond acceptors (Lipinski definition) is 5. The monoisotopic (exact) mass is 275 g/mol. The van der Waals surface area contributed by atoms with Crippen LogP contribution >= 0.6 is 11.5 Å². The van der Waals surface area contributed by atoms with Crippen molar-refractivity contribution in [1.29, 1.82) is 0 Å². The second kappa shape index (κ2) is 4.97. The number of benzene rings is 1. The first-order valence-corrected chi connectivity index (χ1v) is 6.79. The van der Waals surface area contributed by atoms with Crippen LogP contribution in [0, 0.1) is 6.92 Å². The summed E-state index contributed by atoms with van der Waals surface area (Å²) in [7, 11) is 0. The molecule has 98 valence electrons. The lowest BCUT2D eigenvalue weighted by Gasteiger charge is -2.20. The fraction of sp³-hybridized carbons (Fsp3) is 0.308. The molecule has 2 aromatic rings. The normalized spacial score (nSPS) is 18.7. The van der Waals surface area contributed by atoms with Gasteiger partial charge in [0.15, 0.2) is 0 Å². The van der Waals surface area contributed by atoms with E-state index in [9.17, 15) is 4.79 Å². The molecule has 0 saturated carbocycles. The number of carbonyl (C=O) groups excluding carboxylic acids is 1. The van der Waals surface area contributed by atoms with Crippen LogP contribution in [0.2, 0.25) is 0 Å². The van der Waals surface area contributed by atoms with Crippen molar-refractivity contribution < 1.29 is 9.53 Å². The molecule has 3 rings (SSSR count). The van der Waals surface area contributed by atoms with Crippen molar-refractivity contribution in [3.63, 3.8) is 0 Å². The largest absolute Gasteiger partial charge is 0.447 e. The summed E-state index contributed by atoms with van der Waals surface area (Å²) in [6.45, 7) is 2.80. The number of rotatable bonds is 3. The van der Waals surface area contributed by atoms with Crippen LogP contribution in [0.4, 0.5) is 4.79 Å². The lowest BCUT2D eigenvalue weighted by atomic mass is 10.1. The molecule has 1 fully saturated rings. The molecule has 0 unspecified atom stereocenters. The highest BCUT2D eigenvalue weighted by Crippen LogP contribution is 2.30. The molecule has 5 nitrogen and oxygen atoms in total. The zero-order valence-electron chi connectivity index (χ0n) is 10.4. The number of carbonyl (C=O) groups is 1. The summed E-state index contributed by atoms with van der Waals surface area (Å²) < 4.78 is 9.07. The van der Waals surface area contributed by atoms with E-state index in [-0.39, 0.29) is 12.1 Å². The van der Waals surface area contributed by atoms with Gasteiger partial charge in [-0.3, -0.25) is 4.90 Å². The van der Waals surface area contributed by atoms with Gasteiger partial charge in [0.2, 0.25) is 0 Å². The number of amides is 1. The third kappa shape index (κ3) is 2.31. The molecule has 0 N–H and O–H groups in total. The van der Waals surface area contributed by atoms with Gasteiger partial charge in [0.1, 0.15) is 6.61 Å². The molecule has 1 aromatic heterocycles. The molecule has 19 heavy (non-hydrogen) atoms. The summed E-state index contributed by atoms with van der Waals surface area (Å²) in [4.78, 5) is 14.6. The number of aromatic nitrogens is 2. The molecule has 1 aromatic carbocycles. The van der Waals surface area contributed by atoms with Gasteiger partial charge in [0, 0.05) is 0 Å². The van der Waals surface area contributed by atoms with Crippen LogP contribution in [-0.2, 0) is 11.3 Å². The van der Waals surface area contributed by atoms with Crippen molar-refractivity contribution in [3.8, 4) is 0 Å². The Hall–Kier alpha value is -1.95. The van der Waals surface area contributed by atoms with E-state index in [2.05, 4.69) is 9.59 Å². The van der Waals surface area contributed by atoms with Gasteiger partial charge in [-0.05, 0) is 24.0 Å². The zero-order valence-corrected chi connectivity index (χ0v) is 11.3. The van der Waals surface area contributed by atoms with Crippen molar-refractivity contribution in [2.24, 2.45) is 0 Å². The van der Waals surface area contributed by atoms with Crippen LogP contribution in [0.1, 0.15) is 22.2 Å². The Balaban J connectivity index is 1.85. The van der Waals surface area contributed by atoms with Crippen LogP contribution in [0.3, 0.4) is 0 Å². The van der Waals surface area contributed by atoms with E-state index in [4.69, 9.17) is 4.74 Å². The highest BCUT2D eigenvalue weighted by Gasteiger charge is 2.34. The molecule has 2 heterocycles. The van der Waals surface area contributed by atoms with Crippen LogP contribution in [0.5, 0.6) is 0 Å². The molecule has 6 heteroatoms. The first-order valence-electron chi connectivity index (χ1n) is 6.02. The Morgan fingerprint density at radius 3 is 2.89 bits per heavy atom. The first-order chi connectivity index (χ1) is 9.25. The molecule has 0 aliphatic carbocycles. The Bertz CT molecular complexity index is 585. The smallest absolute Gasteiger partial charge is 0.410 e. The molecule has 0 bridgehead atoms. The average molecular weight is 275 g/mol. The summed E-state index contributed by atoms with van der Waals surface area (Å²) in [5.41, 5.74) is 1.96. The fourth-order valence-electron chi connectivity index (χ4n) is 2.13. The van der Waals surface area contributed by atoms with E-state index in [1.165, 1.54) is 11.5 Å². The summed E-state index contributed by atoms with van der Waals surface area (Å²) >= 11 is 1.33. The summed E-state index contributed by atoms with van der Waals surface area (Å²) in [5.74, 6) is 0. The topological polar surface area (TPSA) is 55.3 Å². The lowest BCUT2D eigenvalue weighted by Crippen LogP contribution is -2.27. The van der Waals surface area contributed by atoms with Gasteiger partial charge >= 0.3 is 6.09 Å². The maximum Gasteiger partial charge on any atom is 0.410 e. The summed E-state index contributed by atoms with van der Waals surface area (Å²) in [6, 6.07) is 9.89. The molecule has 1 aliphatic rings. The minimum Gasteiger partial charge on any atom is -0.447 e. The van der Waals surface area contributed by atoms with Gasteiger partial charge in [-0.15, -0.1) is 5.10 Å². The molecule has 0 spiro atoms. The van der Waals surface area contributed by atoms with Gasteiger partial charge in [-0.1, -0.05) is 34.8 Å². The van der Waals surface area contributed by atoms with E-state index < -0.39 is 0 Å². The van der Waals surface area contributed by atoms with E-state index in [1.54, 1.807) is 4.90 Å². The van der Waals surface area contributed by atoms with E-state index in [0.29, 0.717) is 13.2 Å². The summed E-state index contributed by atoms with van der Waals surface area (Å²) in [5, 5.41) is 3.97. The van der Waals surface area contributed by atoms with Crippen molar-refractivity contribution in [2.75, 3.05) is 6.61 Å². The van der Waals surface area contributed by atoms with Gasteiger partial charge in [-0.2, -0.15) is 0 Å². The minimum atomic E-state index is -0.276. The maximum atomic E-state index is 11.9. The van der Waals surface area contributed by atoms with Gasteiger partial charge in [-0.25, -0.2) is 4.79 Å². The van der Waals surface area contributed by atoms with Crippen LogP contribution in [-0.4, -0.2) is 27.2 Å². The number of aryl methyl sites for hydroxylation is 1. The minimum absolute atomic E-state index is 0.0322. The molecular weight excluding hydrogens is 262 g/mol. The number of cyclic esters (lactones) is 1. The standard InChI is InChI=1S/C13H13N3O2S/c1-9-12(19-15-14-9)7-16-11(8-18-13(16)17)10-5-3-2-4-6-10/h2-6,11H,7-8H2,1H3/t11-/m1/s1. The van der Waals surface area contributed by atoms with E-state index >= 15 is 0 Å². The Morgan fingerprint density at radius 2 is 2.21 bits per heavy atom. The van der Waals surface area contributed by atoms with Crippen molar-refractivity contribution in [3.05, 3.63) is 46.5 Å². The van der Waals surface area contributed by atoms with Crippen LogP contribution in [0.25, 0.3) is 0 Å². The second-order valence-electron chi connectivity index (χ2n) is 4.41. The highest BCUT2D eigenvalue weighted by atomic mass is 32.1. The molecule has 1 atom stereocenters. The Labute approximate surface area is 115 Å².